The number of carbonyl (C=O) groups excluding carboxylic acids is 1. The fourth-order valence-corrected chi connectivity index (χ4v) is 4.79. The summed E-state index contributed by atoms with van der Waals surface area (Å²) < 4.78 is 37.2. The third-order valence-electron chi connectivity index (χ3n) is 4.64. The summed E-state index contributed by atoms with van der Waals surface area (Å²) in [6, 6.07) is 8.95. The van der Waals surface area contributed by atoms with Gasteiger partial charge in [-0.1, -0.05) is 6.92 Å². The first-order valence-corrected chi connectivity index (χ1v) is 11.3. The first-order valence-electron chi connectivity index (χ1n) is 9.06. The number of hydrogen-bond acceptors (Lipinski definition) is 6. The van der Waals surface area contributed by atoms with E-state index in [0.29, 0.717) is 16.5 Å². The second-order valence-electron chi connectivity index (χ2n) is 6.88. The molecular formula is C21H20BrNO6S. The molecule has 9 heteroatoms. The minimum atomic E-state index is -3.76. The third-order valence-corrected chi connectivity index (χ3v) is 7.45. The van der Waals surface area contributed by atoms with Crippen LogP contribution < -0.4 is 10.4 Å². The van der Waals surface area contributed by atoms with Crippen LogP contribution >= 0.6 is 15.9 Å². The molecule has 0 atom stereocenters. The van der Waals surface area contributed by atoms with Crippen LogP contribution in [-0.2, 0) is 16.4 Å². The summed E-state index contributed by atoms with van der Waals surface area (Å²) >= 11 is 3.21. The standard InChI is InChI=1S/C21H20BrNO6S/c1-5-13-9-15-12(2)8-20(24)28-18(15)11-17(13)29-21(25)14-6-7-16(22)19(10-14)30(26,27)23(3)4/h6-11H,5H2,1-4H3. The van der Waals surface area contributed by atoms with Crippen molar-refractivity contribution in [3.05, 3.63) is 68.0 Å². The Kier molecular flexibility index (Phi) is 6.16. The van der Waals surface area contributed by atoms with Crippen LogP contribution in [0.25, 0.3) is 11.0 Å². The molecule has 30 heavy (non-hydrogen) atoms. The average molecular weight is 494 g/mol. The Morgan fingerprint density at radius 1 is 1.17 bits per heavy atom. The monoisotopic (exact) mass is 493 g/mol. The number of nitrogens with zero attached hydrogens (tertiary/aromatic N) is 1. The van der Waals surface area contributed by atoms with E-state index in [1.807, 2.05) is 13.0 Å². The van der Waals surface area contributed by atoms with Crippen LogP contribution in [0.4, 0.5) is 0 Å². The summed E-state index contributed by atoms with van der Waals surface area (Å²) in [6.45, 7) is 3.72. The van der Waals surface area contributed by atoms with Crippen molar-refractivity contribution in [2.75, 3.05) is 14.1 Å². The normalized spacial score (nSPS) is 11.8. The topological polar surface area (TPSA) is 93.9 Å². The number of benzene rings is 2. The highest BCUT2D eigenvalue weighted by atomic mass is 79.9. The Morgan fingerprint density at radius 2 is 1.87 bits per heavy atom. The van der Waals surface area contributed by atoms with Crippen LogP contribution in [0.1, 0.15) is 28.4 Å². The average Bonchev–Trinajstić information content (AvgIpc) is 2.67. The van der Waals surface area contributed by atoms with Gasteiger partial charge < -0.3 is 9.15 Å². The van der Waals surface area contributed by atoms with Crippen LogP contribution in [-0.4, -0.2) is 32.8 Å². The van der Waals surface area contributed by atoms with E-state index >= 15 is 0 Å². The van der Waals surface area contributed by atoms with Crippen LogP contribution in [0.15, 0.2) is 55.0 Å². The number of ether oxygens (including phenoxy) is 1. The van der Waals surface area contributed by atoms with Crippen molar-refractivity contribution in [2.45, 2.75) is 25.2 Å². The predicted octanol–water partition coefficient (Wildman–Crippen LogP) is 3.90. The van der Waals surface area contributed by atoms with Crippen LogP contribution in [0.3, 0.4) is 0 Å². The van der Waals surface area contributed by atoms with Gasteiger partial charge in [0.2, 0.25) is 10.0 Å². The van der Waals surface area contributed by atoms with E-state index in [-0.39, 0.29) is 16.2 Å². The summed E-state index contributed by atoms with van der Waals surface area (Å²) in [6.07, 6.45) is 0.581. The molecule has 0 amide bonds. The number of halogens is 1. The van der Waals surface area contributed by atoms with E-state index in [4.69, 9.17) is 9.15 Å². The van der Waals surface area contributed by atoms with Gasteiger partial charge in [0.1, 0.15) is 11.3 Å². The minimum absolute atomic E-state index is 0.0437. The Balaban J connectivity index is 2.04. The van der Waals surface area contributed by atoms with Crippen LogP contribution in [0.2, 0.25) is 0 Å². The first kappa shape index (κ1) is 22.2. The van der Waals surface area contributed by atoms with Gasteiger partial charge in [-0.3, -0.25) is 0 Å². The zero-order valence-corrected chi connectivity index (χ0v) is 19.3. The molecule has 7 nitrogen and oxygen atoms in total. The quantitative estimate of drug-likeness (QED) is 0.304. The second-order valence-corrected chi connectivity index (χ2v) is 9.85. The highest BCUT2D eigenvalue weighted by Gasteiger charge is 2.23. The summed E-state index contributed by atoms with van der Waals surface area (Å²) in [5.74, 6) is -0.467. The maximum Gasteiger partial charge on any atom is 0.343 e. The van der Waals surface area contributed by atoms with Crippen molar-refractivity contribution in [3.8, 4) is 5.75 Å². The lowest BCUT2D eigenvalue weighted by atomic mass is 10.1. The number of aryl methyl sites for hydroxylation is 2. The molecule has 1 aromatic heterocycles. The Labute approximate surface area is 182 Å². The van der Waals surface area contributed by atoms with Crippen molar-refractivity contribution >= 4 is 42.9 Å². The van der Waals surface area contributed by atoms with E-state index in [2.05, 4.69) is 15.9 Å². The van der Waals surface area contributed by atoms with Gasteiger partial charge in [-0.25, -0.2) is 22.3 Å². The zero-order valence-electron chi connectivity index (χ0n) is 16.9. The molecule has 0 saturated heterocycles. The third kappa shape index (κ3) is 4.19. The van der Waals surface area contributed by atoms with Crippen LogP contribution in [0, 0.1) is 6.92 Å². The molecular weight excluding hydrogens is 474 g/mol. The molecule has 0 fully saturated rings. The molecule has 0 bridgehead atoms. The van der Waals surface area contributed by atoms with Gasteiger partial charge in [0.25, 0.3) is 0 Å². The van der Waals surface area contributed by atoms with Crippen molar-refractivity contribution in [3.63, 3.8) is 0 Å². The molecule has 1 heterocycles. The Bertz CT molecular complexity index is 1310. The molecule has 0 spiro atoms. The van der Waals surface area contributed by atoms with E-state index in [9.17, 15) is 18.0 Å². The summed E-state index contributed by atoms with van der Waals surface area (Å²) in [5.41, 5.74) is 1.41. The molecule has 158 valence electrons. The molecule has 0 radical (unpaired) electrons. The molecule has 3 aromatic rings. The van der Waals surface area contributed by atoms with Crippen LogP contribution in [0.5, 0.6) is 5.75 Å². The van der Waals surface area contributed by atoms with E-state index in [1.54, 1.807) is 6.92 Å². The van der Waals surface area contributed by atoms with Gasteiger partial charge >= 0.3 is 11.6 Å². The van der Waals surface area contributed by atoms with E-state index < -0.39 is 21.6 Å². The fourth-order valence-electron chi connectivity index (χ4n) is 2.95. The van der Waals surface area contributed by atoms with Gasteiger partial charge in [0.15, 0.2) is 0 Å². The maximum absolute atomic E-state index is 12.8. The molecule has 0 aliphatic heterocycles. The molecule has 0 unspecified atom stereocenters. The minimum Gasteiger partial charge on any atom is -0.423 e. The van der Waals surface area contributed by atoms with E-state index in [0.717, 1.165) is 20.8 Å². The molecule has 2 aromatic carbocycles. The Hall–Kier alpha value is -2.49. The number of rotatable bonds is 5. The SMILES string of the molecule is CCc1cc2c(C)cc(=O)oc2cc1OC(=O)c1ccc(Br)c(S(=O)(=O)N(C)C)c1. The van der Waals surface area contributed by atoms with Crippen molar-refractivity contribution in [2.24, 2.45) is 0 Å². The lowest BCUT2D eigenvalue weighted by Gasteiger charge is -2.14. The lowest BCUT2D eigenvalue weighted by molar-refractivity contribution is 0.0733. The van der Waals surface area contributed by atoms with Gasteiger partial charge in [0, 0.05) is 36.1 Å². The van der Waals surface area contributed by atoms with Gasteiger partial charge in [-0.15, -0.1) is 0 Å². The van der Waals surface area contributed by atoms with Crippen molar-refractivity contribution in [1.29, 1.82) is 0 Å². The molecule has 0 N–H and O–H groups in total. The second kappa shape index (κ2) is 8.33. The van der Waals surface area contributed by atoms with Gasteiger partial charge in [-0.05, 0) is 64.7 Å². The zero-order chi connectivity index (χ0) is 22.2. The number of sulfonamides is 1. The predicted molar refractivity (Wildman–Crippen MR) is 117 cm³/mol. The van der Waals surface area contributed by atoms with Crippen molar-refractivity contribution in [1.82, 2.24) is 4.31 Å². The summed E-state index contributed by atoms with van der Waals surface area (Å²) in [4.78, 5) is 24.4. The first-order chi connectivity index (χ1) is 14.0. The smallest absolute Gasteiger partial charge is 0.343 e. The van der Waals surface area contributed by atoms with Gasteiger partial charge in [0.05, 0.1) is 10.5 Å². The highest BCUT2D eigenvalue weighted by Crippen LogP contribution is 2.30. The number of esters is 1. The maximum atomic E-state index is 12.8. The van der Waals surface area contributed by atoms with Crippen molar-refractivity contribution < 1.29 is 22.4 Å². The van der Waals surface area contributed by atoms with E-state index in [1.165, 1.54) is 44.4 Å². The highest BCUT2D eigenvalue weighted by molar-refractivity contribution is 9.10. The molecule has 0 saturated carbocycles. The Morgan fingerprint density at radius 3 is 2.50 bits per heavy atom. The molecule has 3 rings (SSSR count). The summed E-state index contributed by atoms with van der Waals surface area (Å²) in [7, 11) is -0.943. The number of hydrogen-bond donors (Lipinski definition) is 0. The largest absolute Gasteiger partial charge is 0.423 e. The molecule has 0 aliphatic rings. The fraction of sp³-hybridized carbons (Fsp3) is 0.238. The number of carbonyl (C=O) groups is 1. The van der Waals surface area contributed by atoms with Gasteiger partial charge in [-0.2, -0.15) is 0 Å². The summed E-state index contributed by atoms with van der Waals surface area (Å²) in [5, 5.41) is 0.759. The molecule has 0 aliphatic carbocycles. The number of fused-ring (bicyclic) bond motifs is 1. The lowest BCUT2D eigenvalue weighted by Crippen LogP contribution is -2.23.